The molecule has 0 aromatic carbocycles. The van der Waals surface area contributed by atoms with E-state index in [0.29, 0.717) is 29.6 Å². The summed E-state index contributed by atoms with van der Waals surface area (Å²) in [7, 11) is 1.79. The quantitative estimate of drug-likeness (QED) is 0.913. The van der Waals surface area contributed by atoms with Crippen molar-refractivity contribution >= 4 is 22.4 Å². The monoisotopic (exact) mass is 335 g/mol. The zero-order valence-corrected chi connectivity index (χ0v) is 15.1. The summed E-state index contributed by atoms with van der Waals surface area (Å²) in [6.45, 7) is 8.41. The smallest absolute Gasteiger partial charge is 0.322 e. The van der Waals surface area contributed by atoms with Gasteiger partial charge >= 0.3 is 6.03 Å². The number of nitrogens with zero attached hydrogens (tertiary/aromatic N) is 2. The number of thiophene rings is 1. The van der Waals surface area contributed by atoms with E-state index in [1.165, 1.54) is 11.3 Å². The van der Waals surface area contributed by atoms with Gasteiger partial charge in [0.05, 0.1) is 12.2 Å². The number of carbonyl (C=O) groups excluding carboxylic acids is 1. The van der Waals surface area contributed by atoms with Crippen molar-refractivity contribution in [1.82, 2.24) is 4.90 Å². The first kappa shape index (κ1) is 17.8. The first-order chi connectivity index (χ1) is 10.8. The van der Waals surface area contributed by atoms with Crippen LogP contribution in [-0.4, -0.2) is 37.7 Å². The van der Waals surface area contributed by atoms with Crippen molar-refractivity contribution in [2.45, 2.75) is 39.0 Å². The maximum atomic E-state index is 12.4. The van der Waals surface area contributed by atoms with E-state index in [1.54, 1.807) is 11.9 Å². The van der Waals surface area contributed by atoms with Crippen molar-refractivity contribution in [3.8, 4) is 6.07 Å². The molecule has 1 aliphatic rings. The van der Waals surface area contributed by atoms with Crippen LogP contribution in [0.2, 0.25) is 0 Å². The molecule has 0 saturated carbocycles. The van der Waals surface area contributed by atoms with E-state index in [0.717, 1.165) is 25.0 Å². The Balaban J connectivity index is 2.02. The Kier molecular flexibility index (Phi) is 5.66. The van der Waals surface area contributed by atoms with Crippen molar-refractivity contribution in [2.24, 2.45) is 5.92 Å². The highest BCUT2D eigenvalue weighted by atomic mass is 32.1. The Morgan fingerprint density at radius 2 is 2.30 bits per heavy atom. The zero-order valence-electron chi connectivity index (χ0n) is 14.3. The van der Waals surface area contributed by atoms with Crippen molar-refractivity contribution < 1.29 is 9.53 Å². The fourth-order valence-corrected chi connectivity index (χ4v) is 3.85. The van der Waals surface area contributed by atoms with E-state index in [4.69, 9.17) is 4.74 Å². The van der Waals surface area contributed by atoms with Gasteiger partial charge in [0.25, 0.3) is 0 Å². The van der Waals surface area contributed by atoms with Gasteiger partial charge in [-0.05, 0) is 29.2 Å². The van der Waals surface area contributed by atoms with Gasteiger partial charge in [-0.15, -0.1) is 11.3 Å². The van der Waals surface area contributed by atoms with Crippen molar-refractivity contribution in [3.63, 3.8) is 0 Å². The van der Waals surface area contributed by atoms with Crippen LogP contribution < -0.4 is 5.32 Å². The molecule has 0 radical (unpaired) electrons. The number of hydrogen-bond donors (Lipinski definition) is 1. The highest BCUT2D eigenvalue weighted by Crippen LogP contribution is 2.35. The Morgan fingerprint density at radius 3 is 2.87 bits per heavy atom. The molecule has 1 N–H and O–H groups in total. The predicted octanol–water partition coefficient (Wildman–Crippen LogP) is 3.81. The van der Waals surface area contributed by atoms with Crippen LogP contribution in [0.3, 0.4) is 0 Å². The molecule has 1 aromatic rings. The largest absolute Gasteiger partial charge is 0.381 e. The molecule has 0 spiro atoms. The van der Waals surface area contributed by atoms with Crippen LogP contribution in [0.15, 0.2) is 5.38 Å². The van der Waals surface area contributed by atoms with Gasteiger partial charge in [0.1, 0.15) is 11.1 Å². The molecule has 6 heteroatoms. The number of hydrogen-bond acceptors (Lipinski definition) is 4. The van der Waals surface area contributed by atoms with Crippen LogP contribution in [0, 0.1) is 17.2 Å². The SMILES string of the molecule is CN(C[C@H]1CCCOC1)C(=O)Nc1scc(C(C)(C)C)c1C#N. The maximum Gasteiger partial charge on any atom is 0.322 e. The predicted molar refractivity (Wildman–Crippen MR) is 92.9 cm³/mol. The number of rotatable bonds is 3. The minimum Gasteiger partial charge on any atom is -0.381 e. The second-order valence-corrected chi connectivity index (χ2v) is 7.99. The highest BCUT2D eigenvalue weighted by molar-refractivity contribution is 7.14. The number of nitrogens with one attached hydrogen (secondary N) is 1. The Labute approximate surface area is 142 Å². The topological polar surface area (TPSA) is 65.4 Å². The van der Waals surface area contributed by atoms with E-state index in [-0.39, 0.29) is 11.4 Å². The van der Waals surface area contributed by atoms with E-state index >= 15 is 0 Å². The molecule has 2 amide bonds. The molecule has 0 aliphatic carbocycles. The van der Waals surface area contributed by atoms with Crippen molar-refractivity contribution in [1.29, 1.82) is 5.26 Å². The molecule has 2 heterocycles. The van der Waals surface area contributed by atoms with Gasteiger partial charge in [-0.1, -0.05) is 20.8 Å². The molecule has 126 valence electrons. The normalized spacial score (nSPS) is 18.3. The highest BCUT2D eigenvalue weighted by Gasteiger charge is 2.24. The van der Waals surface area contributed by atoms with E-state index in [1.807, 2.05) is 5.38 Å². The average Bonchev–Trinajstić information content (AvgIpc) is 2.91. The van der Waals surface area contributed by atoms with Gasteiger partial charge in [-0.2, -0.15) is 5.26 Å². The van der Waals surface area contributed by atoms with Crippen LogP contribution in [0.4, 0.5) is 9.80 Å². The molecule has 1 atom stereocenters. The number of anilines is 1. The van der Waals surface area contributed by atoms with Gasteiger partial charge in [0.2, 0.25) is 0 Å². The first-order valence-electron chi connectivity index (χ1n) is 7.95. The number of nitriles is 1. The zero-order chi connectivity index (χ0) is 17.0. The van der Waals surface area contributed by atoms with Gasteiger partial charge < -0.3 is 9.64 Å². The van der Waals surface area contributed by atoms with Gasteiger partial charge in [0.15, 0.2) is 0 Å². The Morgan fingerprint density at radius 1 is 1.57 bits per heavy atom. The molecule has 2 rings (SSSR count). The number of carbonyl (C=O) groups is 1. The number of ether oxygens (including phenoxy) is 1. The molecule has 23 heavy (non-hydrogen) atoms. The Hall–Kier alpha value is -1.58. The number of amides is 2. The first-order valence-corrected chi connectivity index (χ1v) is 8.83. The van der Waals surface area contributed by atoms with E-state index in [2.05, 4.69) is 32.2 Å². The van der Waals surface area contributed by atoms with Crippen LogP contribution in [0.5, 0.6) is 0 Å². The second-order valence-electron chi connectivity index (χ2n) is 7.11. The standard InChI is InChI=1S/C17H25N3O2S/c1-17(2,3)14-11-23-15(13(14)8-18)19-16(21)20(4)9-12-6-5-7-22-10-12/h11-12H,5-7,9-10H2,1-4H3,(H,19,21)/t12-/m1/s1. The summed E-state index contributed by atoms with van der Waals surface area (Å²) in [4.78, 5) is 14.1. The summed E-state index contributed by atoms with van der Waals surface area (Å²) in [5.41, 5.74) is 1.43. The van der Waals surface area contributed by atoms with Gasteiger partial charge in [0, 0.05) is 26.1 Å². The third-order valence-corrected chi connectivity index (χ3v) is 4.96. The molecular formula is C17H25N3O2S. The molecule has 1 saturated heterocycles. The summed E-state index contributed by atoms with van der Waals surface area (Å²) < 4.78 is 5.46. The lowest BCUT2D eigenvalue weighted by Gasteiger charge is -2.27. The lowest BCUT2D eigenvalue weighted by molar-refractivity contribution is 0.0464. The molecule has 0 unspecified atom stereocenters. The van der Waals surface area contributed by atoms with Gasteiger partial charge in [-0.25, -0.2) is 4.79 Å². The minimum atomic E-state index is -0.172. The molecular weight excluding hydrogens is 310 g/mol. The van der Waals surface area contributed by atoms with Crippen molar-refractivity contribution in [3.05, 3.63) is 16.5 Å². The second kappa shape index (κ2) is 7.33. The van der Waals surface area contributed by atoms with Crippen molar-refractivity contribution in [2.75, 3.05) is 32.1 Å². The number of urea groups is 1. The van der Waals surface area contributed by atoms with Crippen LogP contribution >= 0.6 is 11.3 Å². The van der Waals surface area contributed by atoms with Crippen LogP contribution in [0.1, 0.15) is 44.7 Å². The Bertz CT molecular complexity index is 592. The van der Waals surface area contributed by atoms with Crippen LogP contribution in [0.25, 0.3) is 0 Å². The average molecular weight is 335 g/mol. The summed E-state index contributed by atoms with van der Waals surface area (Å²) in [5, 5.41) is 14.9. The van der Waals surface area contributed by atoms with E-state index in [9.17, 15) is 10.1 Å². The van der Waals surface area contributed by atoms with Gasteiger partial charge in [-0.3, -0.25) is 5.32 Å². The molecule has 1 aliphatic heterocycles. The third kappa shape index (κ3) is 4.46. The lowest BCUT2D eigenvalue weighted by atomic mass is 9.86. The summed E-state index contributed by atoms with van der Waals surface area (Å²) in [5.74, 6) is 0.392. The summed E-state index contributed by atoms with van der Waals surface area (Å²) in [6.07, 6.45) is 2.15. The molecule has 1 aromatic heterocycles. The molecule has 0 bridgehead atoms. The third-order valence-electron chi connectivity index (χ3n) is 4.06. The summed E-state index contributed by atoms with van der Waals surface area (Å²) >= 11 is 1.41. The fourth-order valence-electron chi connectivity index (χ4n) is 2.73. The maximum absolute atomic E-state index is 12.4. The molecule has 5 nitrogen and oxygen atoms in total. The van der Waals surface area contributed by atoms with E-state index < -0.39 is 0 Å². The minimum absolute atomic E-state index is 0.115. The summed E-state index contributed by atoms with van der Waals surface area (Å²) in [6, 6.07) is 2.06. The molecule has 1 fully saturated rings. The lowest BCUT2D eigenvalue weighted by Crippen LogP contribution is -2.37. The fraction of sp³-hybridized carbons (Fsp3) is 0.647. The van der Waals surface area contributed by atoms with Crippen LogP contribution in [-0.2, 0) is 10.2 Å².